The fraction of sp³-hybridized carbons (Fsp3) is 0.250. The van der Waals surface area contributed by atoms with E-state index in [0.29, 0.717) is 5.02 Å². The summed E-state index contributed by atoms with van der Waals surface area (Å²) in [6.45, 7) is -0.597. The van der Waals surface area contributed by atoms with E-state index in [2.05, 4.69) is 0 Å². The van der Waals surface area contributed by atoms with Crippen molar-refractivity contribution in [3.8, 4) is 5.75 Å². The smallest absolute Gasteiger partial charge is 0.229 e. The molecule has 0 amide bonds. The van der Waals surface area contributed by atoms with Gasteiger partial charge in [0.2, 0.25) is 6.29 Å². The monoisotopic (exact) mass is 522 g/mol. The first-order valence-corrected chi connectivity index (χ1v) is 11.2. The Bertz CT molecular complexity index is 1330. The van der Waals surface area contributed by atoms with Crippen LogP contribution in [0.5, 0.6) is 5.75 Å². The number of rotatable bonds is 6. The van der Waals surface area contributed by atoms with Gasteiger partial charge in [0.1, 0.15) is 42.0 Å². The second kappa shape index (κ2) is 10.5. The molecule has 1 fully saturated rings. The maximum absolute atomic E-state index is 12.8. The van der Waals surface area contributed by atoms with Crippen molar-refractivity contribution < 1.29 is 39.1 Å². The van der Waals surface area contributed by atoms with Gasteiger partial charge in [-0.05, 0) is 42.5 Å². The summed E-state index contributed by atoms with van der Waals surface area (Å²) in [5.74, 6) is -0.282. The van der Waals surface area contributed by atoms with Crippen LogP contribution >= 0.6 is 23.2 Å². The quantitative estimate of drug-likeness (QED) is 0.282. The molecule has 35 heavy (non-hydrogen) atoms. The lowest BCUT2D eigenvalue weighted by molar-refractivity contribution is -0.277. The number of ketones is 1. The molecule has 0 bridgehead atoms. The molecule has 0 aliphatic carbocycles. The molecule has 2 heterocycles. The topological polar surface area (TPSA) is 147 Å². The van der Waals surface area contributed by atoms with E-state index in [4.69, 9.17) is 37.1 Å². The number of fused-ring (bicyclic) bond motifs is 1. The zero-order valence-electron chi connectivity index (χ0n) is 17.9. The Balaban J connectivity index is 1.54. The molecule has 5 atom stereocenters. The molecule has 184 valence electrons. The lowest BCUT2D eigenvalue weighted by atomic mass is 9.99. The minimum absolute atomic E-state index is 0.124. The third-order valence-electron chi connectivity index (χ3n) is 5.48. The first-order chi connectivity index (χ1) is 16.7. The molecule has 4 rings (SSSR count). The van der Waals surface area contributed by atoms with Gasteiger partial charge in [0.25, 0.3) is 0 Å². The van der Waals surface area contributed by atoms with Crippen LogP contribution in [-0.4, -0.2) is 63.5 Å². The zero-order valence-corrected chi connectivity index (χ0v) is 19.4. The fourth-order valence-electron chi connectivity index (χ4n) is 3.56. The highest BCUT2D eigenvalue weighted by Crippen LogP contribution is 2.27. The minimum atomic E-state index is -1.59. The Morgan fingerprint density at radius 1 is 1.06 bits per heavy atom. The second-order valence-corrected chi connectivity index (χ2v) is 8.66. The van der Waals surface area contributed by atoms with Crippen LogP contribution in [0.3, 0.4) is 0 Å². The summed E-state index contributed by atoms with van der Waals surface area (Å²) in [6, 6.07) is 8.69. The summed E-state index contributed by atoms with van der Waals surface area (Å²) < 4.78 is 16.4. The van der Waals surface area contributed by atoms with E-state index in [1.807, 2.05) is 0 Å². The zero-order chi connectivity index (χ0) is 25.3. The first kappa shape index (κ1) is 25.3. The number of allylic oxidation sites excluding steroid dienone is 1. The standard InChI is InChI=1S/C24H20Cl2O9/c25-12-2-4-14(16(26)7-12)17(28)6-1-11-10-33-18-8-13(3-5-15(18)20(11)29)34-24-23(32)22(31)21(30)19(9-27)35-24/h1-8,10,19,21-24,27,30-32H,9H2/b6-1+/t19-,21-,22+,23-,24-/m1/s1. The van der Waals surface area contributed by atoms with Gasteiger partial charge < -0.3 is 34.3 Å². The van der Waals surface area contributed by atoms with Crippen LogP contribution in [0.15, 0.2) is 57.9 Å². The van der Waals surface area contributed by atoms with Crippen LogP contribution < -0.4 is 10.2 Å². The molecule has 0 radical (unpaired) electrons. The van der Waals surface area contributed by atoms with Crippen molar-refractivity contribution >= 4 is 46.0 Å². The molecule has 3 aromatic rings. The number of halogens is 2. The molecule has 9 nitrogen and oxygen atoms in total. The lowest BCUT2D eigenvalue weighted by Crippen LogP contribution is -2.60. The average molecular weight is 523 g/mol. The Kier molecular flexibility index (Phi) is 7.58. The number of ether oxygens (including phenoxy) is 2. The maximum Gasteiger partial charge on any atom is 0.229 e. The highest BCUT2D eigenvalue weighted by molar-refractivity contribution is 6.37. The van der Waals surface area contributed by atoms with Crippen molar-refractivity contribution in [3.63, 3.8) is 0 Å². The van der Waals surface area contributed by atoms with E-state index in [9.17, 15) is 30.0 Å². The molecule has 4 N–H and O–H groups in total. The third kappa shape index (κ3) is 5.26. The van der Waals surface area contributed by atoms with Crippen molar-refractivity contribution in [1.29, 1.82) is 0 Å². The number of hydrogen-bond acceptors (Lipinski definition) is 9. The van der Waals surface area contributed by atoms with Gasteiger partial charge in [0.15, 0.2) is 11.2 Å². The number of carbonyl (C=O) groups excluding carboxylic acids is 1. The third-order valence-corrected chi connectivity index (χ3v) is 6.03. The van der Waals surface area contributed by atoms with Gasteiger partial charge in [-0.25, -0.2) is 0 Å². The van der Waals surface area contributed by atoms with Crippen LogP contribution in [0.1, 0.15) is 15.9 Å². The van der Waals surface area contributed by atoms with Crippen molar-refractivity contribution in [2.75, 3.05) is 6.61 Å². The maximum atomic E-state index is 12.8. The molecule has 0 unspecified atom stereocenters. The molecule has 2 aromatic carbocycles. The highest BCUT2D eigenvalue weighted by Gasteiger charge is 2.44. The second-order valence-electron chi connectivity index (χ2n) is 7.82. The number of hydrogen-bond donors (Lipinski definition) is 4. The average Bonchev–Trinajstić information content (AvgIpc) is 2.83. The van der Waals surface area contributed by atoms with Crippen LogP contribution in [0.25, 0.3) is 17.0 Å². The lowest BCUT2D eigenvalue weighted by Gasteiger charge is -2.39. The van der Waals surface area contributed by atoms with E-state index >= 15 is 0 Å². The van der Waals surface area contributed by atoms with Gasteiger partial charge in [0, 0.05) is 16.7 Å². The molecular weight excluding hydrogens is 503 g/mol. The molecule has 1 aliphatic heterocycles. The van der Waals surface area contributed by atoms with Gasteiger partial charge in [-0.1, -0.05) is 23.2 Å². The van der Waals surface area contributed by atoms with Crippen LogP contribution in [0, 0.1) is 0 Å². The van der Waals surface area contributed by atoms with E-state index in [-0.39, 0.29) is 32.9 Å². The van der Waals surface area contributed by atoms with E-state index in [1.54, 1.807) is 0 Å². The van der Waals surface area contributed by atoms with Crippen LogP contribution in [0.2, 0.25) is 10.0 Å². The largest absolute Gasteiger partial charge is 0.463 e. The predicted octanol–water partition coefficient (Wildman–Crippen LogP) is 2.17. The summed E-state index contributed by atoms with van der Waals surface area (Å²) in [4.78, 5) is 25.3. The van der Waals surface area contributed by atoms with E-state index in [1.165, 1.54) is 54.8 Å². The molecule has 0 saturated carbocycles. The number of aliphatic hydroxyl groups excluding tert-OH is 4. The summed E-state index contributed by atoms with van der Waals surface area (Å²) in [5.41, 5.74) is 0.101. The van der Waals surface area contributed by atoms with Crippen molar-refractivity contribution in [1.82, 2.24) is 0 Å². The minimum Gasteiger partial charge on any atom is -0.463 e. The number of benzene rings is 2. The van der Waals surface area contributed by atoms with E-state index in [0.717, 1.165) is 0 Å². The summed E-state index contributed by atoms with van der Waals surface area (Å²) in [5, 5.41) is 40.0. The summed E-state index contributed by atoms with van der Waals surface area (Å²) in [7, 11) is 0. The van der Waals surface area contributed by atoms with Gasteiger partial charge in [-0.3, -0.25) is 9.59 Å². The molecule has 1 saturated heterocycles. The summed E-state index contributed by atoms with van der Waals surface area (Å²) in [6.07, 6.45) is -3.52. The molecule has 11 heteroatoms. The number of carbonyl (C=O) groups is 1. The van der Waals surface area contributed by atoms with Gasteiger partial charge in [-0.15, -0.1) is 0 Å². The van der Waals surface area contributed by atoms with Crippen molar-refractivity contribution in [2.24, 2.45) is 0 Å². The molecular formula is C24H20Cl2O9. The molecule has 1 aromatic heterocycles. The van der Waals surface area contributed by atoms with Gasteiger partial charge >= 0.3 is 0 Å². The van der Waals surface area contributed by atoms with Crippen molar-refractivity contribution in [2.45, 2.75) is 30.7 Å². The fourth-order valence-corrected chi connectivity index (χ4v) is 4.06. The normalized spacial score (nSPS) is 24.7. The molecule has 0 spiro atoms. The predicted molar refractivity (Wildman–Crippen MR) is 127 cm³/mol. The Morgan fingerprint density at radius 2 is 1.83 bits per heavy atom. The Labute approximate surface area is 208 Å². The first-order valence-electron chi connectivity index (χ1n) is 10.4. The SMILES string of the molecule is O=C(/C=C/c1coc2cc(O[C@@H]3O[C@H](CO)[C@@H](O)[C@H](O)[C@H]3O)ccc2c1=O)c1ccc(Cl)cc1Cl. The van der Waals surface area contributed by atoms with Crippen molar-refractivity contribution in [3.05, 3.63) is 80.1 Å². The summed E-state index contributed by atoms with van der Waals surface area (Å²) >= 11 is 11.9. The van der Waals surface area contributed by atoms with Crippen LogP contribution in [0.4, 0.5) is 0 Å². The molecule has 1 aliphatic rings. The van der Waals surface area contributed by atoms with E-state index < -0.39 is 48.5 Å². The van der Waals surface area contributed by atoms with Crippen LogP contribution in [-0.2, 0) is 4.74 Å². The highest BCUT2D eigenvalue weighted by atomic mass is 35.5. The van der Waals surface area contributed by atoms with Gasteiger partial charge in [0.05, 0.1) is 22.6 Å². The Hall–Kier alpha value is -2.76. The van der Waals surface area contributed by atoms with Gasteiger partial charge in [-0.2, -0.15) is 0 Å². The number of aliphatic hydroxyl groups is 4. The Morgan fingerprint density at radius 3 is 2.54 bits per heavy atom.